The molecule has 0 radical (unpaired) electrons. The highest BCUT2D eigenvalue weighted by atomic mass is 32.2. The zero-order chi connectivity index (χ0) is 21.1. The summed E-state index contributed by atoms with van der Waals surface area (Å²) < 4.78 is 24.0. The molecule has 0 aliphatic rings. The number of benzene rings is 2. The van der Waals surface area contributed by atoms with Crippen molar-refractivity contribution in [2.75, 3.05) is 6.26 Å². The van der Waals surface area contributed by atoms with E-state index in [-0.39, 0.29) is 13.0 Å². The summed E-state index contributed by atoms with van der Waals surface area (Å²) in [6.07, 6.45) is 2.72. The van der Waals surface area contributed by atoms with Crippen LogP contribution in [0.1, 0.15) is 24.5 Å². The number of aromatic nitrogens is 2. The first-order valence-corrected chi connectivity index (χ1v) is 10.8. The van der Waals surface area contributed by atoms with Crippen LogP contribution in [0.3, 0.4) is 0 Å². The third kappa shape index (κ3) is 4.47. The van der Waals surface area contributed by atoms with Crippen LogP contribution in [0.2, 0.25) is 0 Å². The molecular formula is C21H21N3O4S. The van der Waals surface area contributed by atoms with E-state index in [2.05, 4.69) is 16.9 Å². The summed E-state index contributed by atoms with van der Waals surface area (Å²) in [6.45, 7) is 1.48. The number of amides is 1. The van der Waals surface area contributed by atoms with E-state index in [1.807, 2.05) is 48.5 Å². The SMILES string of the molecule is CC(CCn1cc2cc(C#Cc3ccccc3)ccc2n1)(C(=O)NO)S(C)(=O)=O. The van der Waals surface area contributed by atoms with E-state index in [1.54, 1.807) is 10.9 Å². The molecule has 1 heterocycles. The number of rotatable bonds is 5. The average molecular weight is 411 g/mol. The van der Waals surface area contributed by atoms with E-state index in [4.69, 9.17) is 5.21 Å². The van der Waals surface area contributed by atoms with Gasteiger partial charge in [0.25, 0.3) is 5.91 Å². The molecule has 1 aromatic heterocycles. The van der Waals surface area contributed by atoms with Gasteiger partial charge in [-0.1, -0.05) is 30.0 Å². The van der Waals surface area contributed by atoms with Crippen LogP contribution >= 0.6 is 0 Å². The Balaban J connectivity index is 1.82. The second kappa shape index (κ2) is 8.07. The molecule has 1 atom stereocenters. The first-order chi connectivity index (χ1) is 13.7. The van der Waals surface area contributed by atoms with Gasteiger partial charge in [-0.15, -0.1) is 0 Å². The predicted octanol–water partition coefficient (Wildman–Crippen LogP) is 2.13. The summed E-state index contributed by atoms with van der Waals surface area (Å²) in [5.41, 5.74) is 3.94. The van der Waals surface area contributed by atoms with Gasteiger partial charge >= 0.3 is 0 Å². The van der Waals surface area contributed by atoms with Crippen LogP contribution in [0.25, 0.3) is 10.9 Å². The fourth-order valence-electron chi connectivity index (χ4n) is 2.85. The van der Waals surface area contributed by atoms with Crippen LogP contribution in [0.4, 0.5) is 0 Å². The number of nitrogens with zero attached hydrogens (tertiary/aromatic N) is 2. The number of hydrogen-bond acceptors (Lipinski definition) is 5. The zero-order valence-electron chi connectivity index (χ0n) is 16.1. The van der Waals surface area contributed by atoms with Crippen molar-refractivity contribution >= 4 is 26.6 Å². The molecule has 8 heteroatoms. The summed E-state index contributed by atoms with van der Waals surface area (Å²) in [5, 5.41) is 14.2. The third-order valence-electron chi connectivity index (χ3n) is 4.89. The lowest BCUT2D eigenvalue weighted by Gasteiger charge is -2.24. The largest absolute Gasteiger partial charge is 0.289 e. The summed E-state index contributed by atoms with van der Waals surface area (Å²) in [6, 6.07) is 15.3. The maximum atomic E-state index is 12.1. The molecule has 0 bridgehead atoms. The summed E-state index contributed by atoms with van der Waals surface area (Å²) in [4.78, 5) is 11.9. The van der Waals surface area contributed by atoms with Crippen molar-refractivity contribution in [2.45, 2.75) is 24.6 Å². The molecule has 3 aromatic rings. The van der Waals surface area contributed by atoms with Crippen molar-refractivity contribution < 1.29 is 18.4 Å². The molecule has 2 aromatic carbocycles. The van der Waals surface area contributed by atoms with E-state index in [0.29, 0.717) is 0 Å². The summed E-state index contributed by atoms with van der Waals surface area (Å²) >= 11 is 0. The molecule has 0 saturated heterocycles. The van der Waals surface area contributed by atoms with Gasteiger partial charge in [0.2, 0.25) is 0 Å². The first-order valence-electron chi connectivity index (χ1n) is 8.91. The van der Waals surface area contributed by atoms with Gasteiger partial charge in [-0.25, -0.2) is 13.9 Å². The molecule has 0 spiro atoms. The normalized spacial score (nSPS) is 13.3. The number of hydrogen-bond donors (Lipinski definition) is 2. The van der Waals surface area contributed by atoms with Crippen molar-refractivity contribution in [1.29, 1.82) is 0 Å². The molecule has 1 amide bonds. The molecule has 0 aliphatic carbocycles. The quantitative estimate of drug-likeness (QED) is 0.381. The average Bonchev–Trinajstić information content (AvgIpc) is 3.12. The highest BCUT2D eigenvalue weighted by Crippen LogP contribution is 2.23. The molecule has 0 aliphatic heterocycles. The molecule has 2 N–H and O–H groups in total. The highest BCUT2D eigenvalue weighted by Gasteiger charge is 2.43. The third-order valence-corrected chi connectivity index (χ3v) is 6.92. The molecule has 150 valence electrons. The molecular weight excluding hydrogens is 390 g/mol. The van der Waals surface area contributed by atoms with Gasteiger partial charge in [0.1, 0.15) is 0 Å². The van der Waals surface area contributed by atoms with Crippen molar-refractivity contribution in [2.24, 2.45) is 0 Å². The van der Waals surface area contributed by atoms with Gasteiger partial charge in [0.15, 0.2) is 14.6 Å². The Morgan fingerprint density at radius 2 is 1.86 bits per heavy atom. The highest BCUT2D eigenvalue weighted by molar-refractivity contribution is 7.92. The molecule has 1 unspecified atom stereocenters. The van der Waals surface area contributed by atoms with Gasteiger partial charge in [-0.05, 0) is 43.7 Å². The van der Waals surface area contributed by atoms with Crippen molar-refractivity contribution in [1.82, 2.24) is 15.3 Å². The fourth-order valence-corrected chi connectivity index (χ4v) is 3.69. The van der Waals surface area contributed by atoms with Crippen molar-refractivity contribution in [3.05, 3.63) is 65.9 Å². The lowest BCUT2D eigenvalue weighted by molar-refractivity contribution is -0.131. The topological polar surface area (TPSA) is 101 Å². The summed E-state index contributed by atoms with van der Waals surface area (Å²) in [7, 11) is -3.75. The Hall–Kier alpha value is -3.15. The minimum atomic E-state index is -3.75. The molecule has 0 saturated carbocycles. The van der Waals surface area contributed by atoms with E-state index >= 15 is 0 Å². The van der Waals surface area contributed by atoms with Crippen LogP contribution in [0.15, 0.2) is 54.7 Å². The number of hydroxylamine groups is 1. The van der Waals surface area contributed by atoms with E-state index in [1.165, 1.54) is 12.4 Å². The van der Waals surface area contributed by atoms with Crippen LogP contribution in [-0.2, 0) is 21.2 Å². The Bertz CT molecular complexity index is 1210. The molecule has 0 fully saturated rings. The zero-order valence-corrected chi connectivity index (χ0v) is 16.9. The summed E-state index contributed by atoms with van der Waals surface area (Å²) in [5.74, 6) is 5.25. The standard InChI is InChI=1S/C21H21N3O4S/c1-21(20(25)23-26,29(2,27)28)12-13-24-15-18-14-17(10-11-19(18)22-24)9-8-16-6-4-3-5-7-16/h3-7,10-11,14-15,26H,12-13H2,1-2H3,(H,23,25). The van der Waals surface area contributed by atoms with Crippen LogP contribution in [0.5, 0.6) is 0 Å². The molecule has 7 nitrogen and oxygen atoms in total. The second-order valence-electron chi connectivity index (χ2n) is 6.98. The van der Waals surface area contributed by atoms with Gasteiger partial charge in [-0.3, -0.25) is 14.7 Å². The van der Waals surface area contributed by atoms with Crippen LogP contribution in [-0.4, -0.2) is 40.3 Å². The maximum absolute atomic E-state index is 12.1. The number of aryl methyl sites for hydroxylation is 1. The van der Waals surface area contributed by atoms with E-state index < -0.39 is 20.5 Å². The Morgan fingerprint density at radius 3 is 2.52 bits per heavy atom. The first kappa shape index (κ1) is 20.6. The van der Waals surface area contributed by atoms with Crippen molar-refractivity contribution in [3.8, 4) is 11.8 Å². The Labute approximate surface area is 169 Å². The molecule has 3 rings (SSSR count). The smallest absolute Gasteiger partial charge is 0.264 e. The fraction of sp³-hybridized carbons (Fsp3) is 0.238. The number of carbonyl (C=O) groups excluding carboxylic acids is 1. The lowest BCUT2D eigenvalue weighted by atomic mass is 10.1. The number of nitrogens with one attached hydrogen (secondary N) is 1. The van der Waals surface area contributed by atoms with Crippen LogP contribution in [0, 0.1) is 11.8 Å². The Morgan fingerprint density at radius 1 is 1.17 bits per heavy atom. The van der Waals surface area contributed by atoms with Gasteiger partial charge in [0, 0.05) is 35.5 Å². The monoisotopic (exact) mass is 411 g/mol. The van der Waals surface area contributed by atoms with Gasteiger partial charge in [-0.2, -0.15) is 5.10 Å². The number of fused-ring (bicyclic) bond motifs is 1. The van der Waals surface area contributed by atoms with Crippen molar-refractivity contribution in [3.63, 3.8) is 0 Å². The minimum Gasteiger partial charge on any atom is -0.289 e. The number of sulfone groups is 1. The predicted molar refractivity (Wildman–Crippen MR) is 110 cm³/mol. The van der Waals surface area contributed by atoms with Gasteiger partial charge in [0.05, 0.1) is 5.52 Å². The maximum Gasteiger partial charge on any atom is 0.264 e. The second-order valence-corrected chi connectivity index (χ2v) is 9.42. The van der Waals surface area contributed by atoms with E-state index in [0.717, 1.165) is 28.3 Å². The minimum absolute atomic E-state index is 0.0348. The van der Waals surface area contributed by atoms with Gasteiger partial charge < -0.3 is 0 Å². The number of carbonyl (C=O) groups is 1. The molecule has 29 heavy (non-hydrogen) atoms. The van der Waals surface area contributed by atoms with E-state index in [9.17, 15) is 13.2 Å². The van der Waals surface area contributed by atoms with Crippen LogP contribution < -0.4 is 5.48 Å². The Kier molecular flexibility index (Phi) is 5.73. The lowest BCUT2D eigenvalue weighted by Crippen LogP contribution is -2.49.